The Labute approximate surface area is 146 Å². The molecule has 2 aromatic rings. The molecule has 0 aliphatic carbocycles. The number of alkyl halides is 2. The van der Waals surface area contributed by atoms with Crippen molar-refractivity contribution < 1.29 is 0 Å². The lowest BCUT2D eigenvalue weighted by molar-refractivity contribution is 0.549. The van der Waals surface area contributed by atoms with E-state index in [1.54, 1.807) is 11.3 Å². The van der Waals surface area contributed by atoms with E-state index in [9.17, 15) is 0 Å². The summed E-state index contributed by atoms with van der Waals surface area (Å²) in [4.78, 5) is 5.98. The lowest BCUT2D eigenvalue weighted by Gasteiger charge is -2.30. The summed E-state index contributed by atoms with van der Waals surface area (Å²) in [5.41, 5.74) is 2.42. The van der Waals surface area contributed by atoms with Gasteiger partial charge in [-0.15, -0.1) is 11.3 Å². The second-order valence-electron chi connectivity index (χ2n) is 4.98. The summed E-state index contributed by atoms with van der Waals surface area (Å²) in [5.74, 6) is 0. The average Bonchev–Trinajstić information content (AvgIpc) is 2.76. The number of benzene rings is 1. The zero-order chi connectivity index (χ0) is 14.8. The molecule has 20 heavy (non-hydrogen) atoms. The van der Waals surface area contributed by atoms with Gasteiger partial charge in [-0.2, -0.15) is 0 Å². The standard InChI is InChI=1S/C15H16Br2ClNS/c1-10-11(2)20-14(19-10)7-15(8-16,9-17)12-3-5-13(18)6-4-12/h3-6H,7-9H2,1-2H3. The number of nitrogens with zero attached hydrogens (tertiary/aromatic N) is 1. The van der Waals surface area contributed by atoms with Crippen LogP contribution in [-0.2, 0) is 11.8 Å². The predicted octanol–water partition coefficient (Wildman–Crippen LogP) is 5.68. The maximum Gasteiger partial charge on any atom is 0.0940 e. The molecule has 0 radical (unpaired) electrons. The first-order valence-corrected chi connectivity index (χ1v) is 9.75. The van der Waals surface area contributed by atoms with Crippen LogP contribution in [0.15, 0.2) is 24.3 Å². The topological polar surface area (TPSA) is 12.9 Å². The first kappa shape index (κ1) is 16.5. The van der Waals surface area contributed by atoms with Crippen molar-refractivity contribution in [3.8, 4) is 0 Å². The number of rotatable bonds is 5. The zero-order valence-electron chi connectivity index (χ0n) is 11.4. The molecule has 0 unspecified atom stereocenters. The molecular weight excluding hydrogens is 422 g/mol. The fourth-order valence-electron chi connectivity index (χ4n) is 2.09. The Morgan fingerprint density at radius 2 is 1.75 bits per heavy atom. The molecule has 5 heteroatoms. The van der Waals surface area contributed by atoms with E-state index in [2.05, 4.69) is 62.8 Å². The van der Waals surface area contributed by atoms with Gasteiger partial charge in [-0.25, -0.2) is 4.98 Å². The molecule has 0 aliphatic rings. The lowest BCUT2D eigenvalue weighted by Crippen LogP contribution is -2.32. The molecule has 0 atom stereocenters. The van der Waals surface area contributed by atoms with Crippen molar-refractivity contribution >= 4 is 54.8 Å². The zero-order valence-corrected chi connectivity index (χ0v) is 16.2. The maximum absolute atomic E-state index is 6.00. The van der Waals surface area contributed by atoms with Crippen molar-refractivity contribution in [1.82, 2.24) is 4.98 Å². The van der Waals surface area contributed by atoms with Gasteiger partial charge in [0.25, 0.3) is 0 Å². The van der Waals surface area contributed by atoms with E-state index >= 15 is 0 Å². The van der Waals surface area contributed by atoms with E-state index in [-0.39, 0.29) is 5.41 Å². The van der Waals surface area contributed by atoms with Crippen LogP contribution in [0.2, 0.25) is 5.02 Å². The van der Waals surface area contributed by atoms with E-state index in [1.807, 2.05) is 12.1 Å². The third-order valence-corrected chi connectivity index (χ3v) is 7.00. The number of hydrogen-bond acceptors (Lipinski definition) is 2. The molecule has 1 aromatic carbocycles. The van der Waals surface area contributed by atoms with Gasteiger partial charge in [0.15, 0.2) is 0 Å². The van der Waals surface area contributed by atoms with Gasteiger partial charge >= 0.3 is 0 Å². The minimum absolute atomic E-state index is 0.00131. The Morgan fingerprint density at radius 3 is 2.20 bits per heavy atom. The summed E-state index contributed by atoms with van der Waals surface area (Å²) in [5, 5.41) is 3.72. The molecule has 1 heterocycles. The van der Waals surface area contributed by atoms with Gasteiger partial charge in [-0.05, 0) is 31.5 Å². The van der Waals surface area contributed by atoms with Crippen molar-refractivity contribution in [2.24, 2.45) is 0 Å². The Balaban J connectivity index is 2.36. The molecule has 0 saturated heterocycles. The van der Waals surface area contributed by atoms with Crippen molar-refractivity contribution in [1.29, 1.82) is 0 Å². The Hall–Kier alpha value is 0.1000. The van der Waals surface area contributed by atoms with Crippen molar-refractivity contribution in [3.63, 3.8) is 0 Å². The summed E-state index contributed by atoms with van der Waals surface area (Å²) < 4.78 is 0. The van der Waals surface area contributed by atoms with Gasteiger partial charge < -0.3 is 0 Å². The molecule has 0 spiro atoms. The first-order chi connectivity index (χ1) is 9.50. The summed E-state index contributed by atoms with van der Waals surface area (Å²) in [6, 6.07) is 8.13. The van der Waals surface area contributed by atoms with E-state index in [0.29, 0.717) is 0 Å². The van der Waals surface area contributed by atoms with Crippen LogP contribution in [0.1, 0.15) is 21.1 Å². The number of halogens is 3. The maximum atomic E-state index is 6.00. The van der Waals surface area contributed by atoms with Gasteiger partial charge in [-0.3, -0.25) is 0 Å². The Morgan fingerprint density at radius 1 is 1.15 bits per heavy atom. The van der Waals surface area contributed by atoms with Gasteiger partial charge in [0.05, 0.1) is 10.7 Å². The normalized spacial score (nSPS) is 11.8. The third kappa shape index (κ3) is 3.46. The molecule has 0 fully saturated rings. The fraction of sp³-hybridized carbons (Fsp3) is 0.400. The molecular formula is C15H16Br2ClNS. The molecule has 108 valence electrons. The summed E-state index contributed by atoms with van der Waals surface area (Å²) in [6.45, 7) is 4.20. The third-order valence-electron chi connectivity index (χ3n) is 3.53. The van der Waals surface area contributed by atoms with Crippen molar-refractivity contribution in [2.45, 2.75) is 25.7 Å². The number of thiazole rings is 1. The van der Waals surface area contributed by atoms with Crippen molar-refractivity contribution in [2.75, 3.05) is 10.7 Å². The minimum Gasteiger partial charge on any atom is -0.246 e. The number of aryl methyl sites for hydroxylation is 2. The molecule has 0 bridgehead atoms. The van der Waals surface area contributed by atoms with E-state index in [4.69, 9.17) is 11.6 Å². The summed E-state index contributed by atoms with van der Waals surface area (Å²) in [6.07, 6.45) is 0.921. The predicted molar refractivity (Wildman–Crippen MR) is 96.0 cm³/mol. The largest absolute Gasteiger partial charge is 0.246 e. The highest BCUT2D eigenvalue weighted by molar-refractivity contribution is 9.09. The quantitative estimate of drug-likeness (QED) is 0.548. The van der Waals surface area contributed by atoms with Crippen LogP contribution in [0.5, 0.6) is 0 Å². The van der Waals surface area contributed by atoms with Crippen LogP contribution in [0.3, 0.4) is 0 Å². The van der Waals surface area contributed by atoms with Gasteiger partial charge in [0.2, 0.25) is 0 Å². The molecule has 1 aromatic heterocycles. The average molecular weight is 438 g/mol. The molecule has 0 saturated carbocycles. The van der Waals surface area contributed by atoms with E-state index in [0.717, 1.165) is 27.8 Å². The monoisotopic (exact) mass is 435 g/mol. The highest BCUT2D eigenvalue weighted by atomic mass is 79.9. The second kappa shape index (κ2) is 6.91. The molecule has 0 N–H and O–H groups in total. The smallest absolute Gasteiger partial charge is 0.0940 e. The van der Waals surface area contributed by atoms with Gasteiger partial charge in [0, 0.05) is 32.4 Å². The number of hydrogen-bond donors (Lipinski definition) is 0. The summed E-state index contributed by atoms with van der Waals surface area (Å²) in [7, 11) is 0. The van der Waals surface area contributed by atoms with Gasteiger partial charge in [-0.1, -0.05) is 55.6 Å². The van der Waals surface area contributed by atoms with Crippen LogP contribution in [-0.4, -0.2) is 15.6 Å². The van der Waals surface area contributed by atoms with Crippen LogP contribution in [0.4, 0.5) is 0 Å². The van der Waals surface area contributed by atoms with Gasteiger partial charge in [0.1, 0.15) is 0 Å². The number of aromatic nitrogens is 1. The second-order valence-corrected chi connectivity index (χ2v) is 7.83. The van der Waals surface area contributed by atoms with Crippen LogP contribution >= 0.6 is 54.8 Å². The molecule has 1 nitrogen and oxygen atoms in total. The highest BCUT2D eigenvalue weighted by Gasteiger charge is 2.31. The summed E-state index contributed by atoms with van der Waals surface area (Å²) >= 11 is 15.2. The molecule has 0 amide bonds. The first-order valence-electron chi connectivity index (χ1n) is 6.31. The molecule has 0 aliphatic heterocycles. The van der Waals surface area contributed by atoms with Crippen LogP contribution < -0.4 is 0 Å². The van der Waals surface area contributed by atoms with Crippen LogP contribution in [0, 0.1) is 13.8 Å². The molecule has 2 rings (SSSR count). The fourth-order valence-corrected chi connectivity index (χ4v) is 5.27. The minimum atomic E-state index is 0.00131. The van der Waals surface area contributed by atoms with Crippen molar-refractivity contribution in [3.05, 3.63) is 50.4 Å². The highest BCUT2D eigenvalue weighted by Crippen LogP contribution is 2.35. The van der Waals surface area contributed by atoms with Crippen LogP contribution in [0.25, 0.3) is 0 Å². The van der Waals surface area contributed by atoms with E-state index < -0.39 is 0 Å². The van der Waals surface area contributed by atoms with E-state index in [1.165, 1.54) is 15.4 Å². The SMILES string of the molecule is Cc1nc(CC(CBr)(CBr)c2ccc(Cl)cc2)sc1C. The Kier molecular flexibility index (Phi) is 5.69. The Bertz CT molecular complexity index is 557. The lowest BCUT2D eigenvalue weighted by atomic mass is 9.81.